The van der Waals surface area contributed by atoms with Crippen LogP contribution in [0.3, 0.4) is 0 Å². The maximum atomic E-state index is 12.3. The van der Waals surface area contributed by atoms with Crippen LogP contribution in [0, 0.1) is 0 Å². The van der Waals surface area contributed by atoms with E-state index >= 15 is 0 Å². The topological polar surface area (TPSA) is 66.3 Å². The number of carbonyl (C=O) groups is 1. The molecule has 5 nitrogen and oxygen atoms in total. The zero-order valence-electron chi connectivity index (χ0n) is 9.27. The zero-order valence-corrected chi connectivity index (χ0v) is 10.1. The molecule has 0 aromatic carbocycles. The molecule has 1 rings (SSSR count). The average molecular weight is 265 g/mol. The second-order valence-electron chi connectivity index (χ2n) is 3.27. The van der Waals surface area contributed by atoms with Crippen LogP contribution in [0.1, 0.15) is 22.3 Å². The molecule has 1 N–H and O–H groups in total. The van der Waals surface area contributed by atoms with Crippen LogP contribution >= 0.6 is 11.5 Å². The van der Waals surface area contributed by atoms with Crippen molar-refractivity contribution < 1.29 is 18.7 Å². The number of aliphatic hydroxyl groups excluding tert-OH is 1. The summed E-state index contributed by atoms with van der Waals surface area (Å²) in [6.07, 6.45) is -2.12. The van der Waals surface area contributed by atoms with E-state index < -0.39 is 18.9 Å². The molecule has 0 aliphatic rings. The minimum absolute atomic E-state index is 0.121. The highest BCUT2D eigenvalue weighted by Gasteiger charge is 2.23. The predicted molar refractivity (Wildman–Crippen MR) is 58.3 cm³/mol. The smallest absolute Gasteiger partial charge is 0.267 e. The van der Waals surface area contributed by atoms with Crippen molar-refractivity contribution in [3.05, 3.63) is 10.6 Å². The third-order valence-corrected chi connectivity index (χ3v) is 2.86. The van der Waals surface area contributed by atoms with Gasteiger partial charge in [0.1, 0.15) is 4.88 Å². The Morgan fingerprint density at radius 2 is 2.29 bits per heavy atom. The molecule has 1 aromatic heterocycles. The van der Waals surface area contributed by atoms with Gasteiger partial charge < -0.3 is 10.0 Å². The molecule has 1 heterocycles. The van der Waals surface area contributed by atoms with Gasteiger partial charge in [0.05, 0.1) is 18.8 Å². The van der Waals surface area contributed by atoms with Gasteiger partial charge >= 0.3 is 0 Å². The molecular weight excluding hydrogens is 252 g/mol. The SMILES string of the molecule is CCc1nnsc1C(=O)N(CCO)CC(F)F. The van der Waals surface area contributed by atoms with E-state index in [1.165, 1.54) is 0 Å². The second kappa shape index (κ2) is 6.55. The fourth-order valence-electron chi connectivity index (χ4n) is 1.31. The van der Waals surface area contributed by atoms with Crippen molar-refractivity contribution in [2.75, 3.05) is 19.7 Å². The van der Waals surface area contributed by atoms with Gasteiger partial charge in [-0.3, -0.25) is 4.79 Å². The number of nitrogens with zero attached hydrogens (tertiary/aromatic N) is 3. The van der Waals surface area contributed by atoms with Gasteiger partial charge in [0.15, 0.2) is 0 Å². The van der Waals surface area contributed by atoms with E-state index in [2.05, 4.69) is 9.59 Å². The molecule has 0 radical (unpaired) electrons. The summed E-state index contributed by atoms with van der Waals surface area (Å²) >= 11 is 0.885. The summed E-state index contributed by atoms with van der Waals surface area (Å²) < 4.78 is 28.2. The summed E-state index contributed by atoms with van der Waals surface area (Å²) in [6, 6.07) is 0. The second-order valence-corrected chi connectivity index (χ2v) is 4.02. The summed E-state index contributed by atoms with van der Waals surface area (Å²) in [5, 5.41) is 12.5. The van der Waals surface area contributed by atoms with Crippen molar-refractivity contribution in [3.63, 3.8) is 0 Å². The Labute approximate surface area is 101 Å². The molecule has 1 aromatic rings. The summed E-state index contributed by atoms with van der Waals surface area (Å²) in [5.41, 5.74) is 0.497. The highest BCUT2D eigenvalue weighted by Crippen LogP contribution is 2.15. The summed E-state index contributed by atoms with van der Waals surface area (Å²) in [6.45, 7) is 0.633. The van der Waals surface area contributed by atoms with Crippen LogP contribution in [0.25, 0.3) is 0 Å². The van der Waals surface area contributed by atoms with Crippen molar-refractivity contribution in [2.24, 2.45) is 0 Å². The molecule has 96 valence electrons. The number of hydrogen-bond acceptors (Lipinski definition) is 5. The minimum Gasteiger partial charge on any atom is -0.395 e. The molecule has 17 heavy (non-hydrogen) atoms. The van der Waals surface area contributed by atoms with Gasteiger partial charge in [0, 0.05) is 6.54 Å². The number of amides is 1. The van der Waals surface area contributed by atoms with Crippen LogP contribution in [-0.4, -0.2) is 51.6 Å². The van der Waals surface area contributed by atoms with Gasteiger partial charge in [-0.1, -0.05) is 11.4 Å². The highest BCUT2D eigenvalue weighted by atomic mass is 32.1. The molecule has 0 fully saturated rings. The Morgan fingerprint density at radius 1 is 1.59 bits per heavy atom. The van der Waals surface area contributed by atoms with Crippen LogP contribution < -0.4 is 0 Å². The first kappa shape index (κ1) is 13.9. The molecule has 0 spiro atoms. The van der Waals surface area contributed by atoms with E-state index in [0.29, 0.717) is 12.1 Å². The van der Waals surface area contributed by atoms with Crippen LogP contribution in [-0.2, 0) is 6.42 Å². The van der Waals surface area contributed by atoms with Gasteiger partial charge in [0.25, 0.3) is 12.3 Å². The van der Waals surface area contributed by atoms with E-state index in [9.17, 15) is 13.6 Å². The third-order valence-electron chi connectivity index (χ3n) is 2.10. The zero-order chi connectivity index (χ0) is 12.8. The molecule has 0 saturated heterocycles. The summed E-state index contributed by atoms with van der Waals surface area (Å²) in [4.78, 5) is 13.1. The van der Waals surface area contributed by atoms with E-state index in [1.54, 1.807) is 6.92 Å². The van der Waals surface area contributed by atoms with Crippen LogP contribution in [0.2, 0.25) is 0 Å². The lowest BCUT2D eigenvalue weighted by atomic mass is 10.2. The number of aliphatic hydroxyl groups is 1. The van der Waals surface area contributed by atoms with Gasteiger partial charge in [-0.05, 0) is 18.0 Å². The highest BCUT2D eigenvalue weighted by molar-refractivity contribution is 7.07. The maximum Gasteiger partial charge on any atom is 0.267 e. The predicted octanol–water partition coefficient (Wildman–Crippen LogP) is 0.800. The molecule has 0 atom stereocenters. The molecule has 0 saturated carbocycles. The summed E-state index contributed by atoms with van der Waals surface area (Å²) in [5.74, 6) is -0.550. The molecular formula is C9H13F2N3O2S. The molecule has 8 heteroatoms. The normalized spacial score (nSPS) is 10.9. The number of rotatable bonds is 6. The molecule has 0 aliphatic heterocycles. The third kappa shape index (κ3) is 3.67. The fraction of sp³-hybridized carbons (Fsp3) is 0.667. The van der Waals surface area contributed by atoms with Crippen LogP contribution in [0.5, 0.6) is 0 Å². The van der Waals surface area contributed by atoms with Gasteiger partial charge in [-0.15, -0.1) is 5.10 Å². The Hall–Kier alpha value is -1.15. The van der Waals surface area contributed by atoms with E-state index in [0.717, 1.165) is 16.4 Å². The number of alkyl halides is 2. The Bertz CT molecular complexity index is 373. The standard InChI is InChI=1S/C9H13F2N3O2S/c1-2-6-8(17-13-12-6)9(16)14(3-4-15)5-7(10)11/h7,15H,2-5H2,1H3. The van der Waals surface area contributed by atoms with Crippen molar-refractivity contribution >= 4 is 17.4 Å². The molecule has 0 bridgehead atoms. The van der Waals surface area contributed by atoms with Gasteiger partial charge in [0.2, 0.25) is 0 Å². The van der Waals surface area contributed by atoms with Crippen LogP contribution in [0.4, 0.5) is 8.78 Å². The summed E-state index contributed by atoms with van der Waals surface area (Å²) in [7, 11) is 0. The number of halogens is 2. The number of aromatic nitrogens is 2. The number of hydrogen-bond donors (Lipinski definition) is 1. The quantitative estimate of drug-likeness (QED) is 0.826. The first-order valence-corrected chi connectivity index (χ1v) is 5.87. The van der Waals surface area contributed by atoms with Gasteiger partial charge in [-0.25, -0.2) is 8.78 Å². The number of aryl methyl sites for hydroxylation is 1. The molecule has 1 amide bonds. The van der Waals surface area contributed by atoms with Crippen molar-refractivity contribution in [1.29, 1.82) is 0 Å². The minimum atomic E-state index is -2.63. The van der Waals surface area contributed by atoms with Crippen LogP contribution in [0.15, 0.2) is 0 Å². The van der Waals surface area contributed by atoms with E-state index in [-0.39, 0.29) is 18.0 Å². The monoisotopic (exact) mass is 265 g/mol. The Balaban J connectivity index is 2.83. The van der Waals surface area contributed by atoms with Crippen molar-refractivity contribution in [1.82, 2.24) is 14.5 Å². The molecule has 0 unspecified atom stereocenters. The Morgan fingerprint density at radius 3 is 2.82 bits per heavy atom. The van der Waals surface area contributed by atoms with Gasteiger partial charge in [-0.2, -0.15) is 0 Å². The number of carbonyl (C=O) groups excluding carboxylic acids is 1. The largest absolute Gasteiger partial charge is 0.395 e. The van der Waals surface area contributed by atoms with Crippen molar-refractivity contribution in [3.8, 4) is 0 Å². The lowest BCUT2D eigenvalue weighted by Crippen LogP contribution is -2.37. The first-order valence-electron chi connectivity index (χ1n) is 5.09. The van der Waals surface area contributed by atoms with E-state index in [4.69, 9.17) is 5.11 Å². The Kier molecular flexibility index (Phi) is 5.36. The van der Waals surface area contributed by atoms with E-state index in [1.807, 2.05) is 0 Å². The lowest BCUT2D eigenvalue weighted by Gasteiger charge is -2.20. The fourth-order valence-corrected chi connectivity index (χ4v) is 2.03. The maximum absolute atomic E-state index is 12.3. The average Bonchev–Trinajstić information content (AvgIpc) is 2.74. The van der Waals surface area contributed by atoms with Crippen molar-refractivity contribution in [2.45, 2.75) is 19.8 Å². The molecule has 0 aliphatic carbocycles. The lowest BCUT2D eigenvalue weighted by molar-refractivity contribution is 0.0512. The first-order chi connectivity index (χ1) is 8.10.